The van der Waals surface area contributed by atoms with Crippen LogP contribution in [0.3, 0.4) is 0 Å². The van der Waals surface area contributed by atoms with Crippen LogP contribution in [0, 0.1) is 0 Å². The molecule has 1 heterocycles. The molecule has 0 aliphatic carbocycles. The number of rotatable bonds is 2. The molecule has 3 nitrogen and oxygen atoms in total. The normalized spacial score (nSPS) is 10.4. The molecular weight excluding hydrogens is 247 g/mol. The molecule has 82 valence electrons. The van der Waals surface area contributed by atoms with Gasteiger partial charge in [0.15, 0.2) is 5.78 Å². The molecule has 0 atom stereocenters. The van der Waals surface area contributed by atoms with Crippen LogP contribution in [0.5, 0.6) is 0 Å². The van der Waals surface area contributed by atoms with Gasteiger partial charge in [0, 0.05) is 6.20 Å². The van der Waals surface area contributed by atoms with E-state index >= 15 is 0 Å². The summed E-state index contributed by atoms with van der Waals surface area (Å²) in [7, 11) is 0. The summed E-state index contributed by atoms with van der Waals surface area (Å²) in [5.41, 5.74) is 1.33. The highest BCUT2D eigenvalue weighted by atomic mass is 35.5. The van der Waals surface area contributed by atoms with E-state index < -0.39 is 0 Å². The van der Waals surface area contributed by atoms with Crippen LogP contribution < -0.4 is 0 Å². The topological polar surface area (TPSA) is 34.9 Å². The molecule has 5 heteroatoms. The predicted molar refractivity (Wildman–Crippen MR) is 63.6 cm³/mol. The van der Waals surface area contributed by atoms with Gasteiger partial charge in [-0.25, -0.2) is 4.68 Å². The van der Waals surface area contributed by atoms with Gasteiger partial charge in [0.2, 0.25) is 0 Å². The number of halogens is 2. The zero-order valence-electron chi connectivity index (χ0n) is 8.45. The van der Waals surface area contributed by atoms with Gasteiger partial charge in [-0.1, -0.05) is 23.2 Å². The summed E-state index contributed by atoms with van der Waals surface area (Å²) < 4.78 is 1.58. The number of ketones is 1. The summed E-state index contributed by atoms with van der Waals surface area (Å²) in [6, 6.07) is 5.17. The summed E-state index contributed by atoms with van der Waals surface area (Å²) in [4.78, 5) is 11.1. The van der Waals surface area contributed by atoms with Gasteiger partial charge >= 0.3 is 0 Å². The van der Waals surface area contributed by atoms with E-state index in [1.54, 1.807) is 29.1 Å². The first kappa shape index (κ1) is 11.2. The Morgan fingerprint density at radius 2 is 2.06 bits per heavy atom. The summed E-state index contributed by atoms with van der Waals surface area (Å²) in [6.45, 7) is 1.50. The Labute approximate surface area is 103 Å². The standard InChI is InChI=1S/C11H8Cl2N2O/c1-7(16)8-5-14-15(6-8)9-2-3-10(12)11(13)4-9/h2-6H,1H3. The summed E-state index contributed by atoms with van der Waals surface area (Å²) in [6.07, 6.45) is 3.17. The van der Waals surface area contributed by atoms with Crippen molar-refractivity contribution in [1.29, 1.82) is 0 Å². The first-order valence-corrected chi connectivity index (χ1v) is 5.34. The third-order valence-corrected chi connectivity index (χ3v) is 2.90. The summed E-state index contributed by atoms with van der Waals surface area (Å²) in [5.74, 6) is -0.0219. The second-order valence-corrected chi connectivity index (χ2v) is 4.14. The average molecular weight is 255 g/mol. The lowest BCUT2D eigenvalue weighted by molar-refractivity contribution is 0.101. The van der Waals surface area contributed by atoms with E-state index in [0.29, 0.717) is 15.6 Å². The number of carbonyl (C=O) groups is 1. The number of Topliss-reactive ketones (excluding diaryl/α,β-unsaturated/α-hetero) is 1. The van der Waals surface area contributed by atoms with Crippen molar-refractivity contribution < 1.29 is 4.79 Å². The molecule has 0 N–H and O–H groups in total. The van der Waals surface area contributed by atoms with Crippen molar-refractivity contribution in [2.75, 3.05) is 0 Å². The maximum atomic E-state index is 11.1. The van der Waals surface area contributed by atoms with Crippen molar-refractivity contribution in [2.24, 2.45) is 0 Å². The van der Waals surface area contributed by atoms with Gasteiger partial charge in [-0.2, -0.15) is 5.10 Å². The van der Waals surface area contributed by atoms with Gasteiger partial charge < -0.3 is 0 Å². The number of nitrogens with zero attached hydrogens (tertiary/aromatic N) is 2. The molecule has 0 saturated carbocycles. The Kier molecular flexibility index (Phi) is 2.99. The zero-order chi connectivity index (χ0) is 11.7. The Morgan fingerprint density at radius 1 is 1.31 bits per heavy atom. The van der Waals surface area contributed by atoms with Crippen molar-refractivity contribution in [1.82, 2.24) is 9.78 Å². The number of aromatic nitrogens is 2. The molecule has 0 spiro atoms. The third-order valence-electron chi connectivity index (χ3n) is 2.16. The molecule has 0 unspecified atom stereocenters. The highest BCUT2D eigenvalue weighted by Gasteiger charge is 2.06. The van der Waals surface area contributed by atoms with E-state index in [9.17, 15) is 4.79 Å². The molecule has 1 aromatic heterocycles. The van der Waals surface area contributed by atoms with E-state index in [-0.39, 0.29) is 5.78 Å². The number of benzene rings is 1. The highest BCUT2D eigenvalue weighted by Crippen LogP contribution is 2.24. The number of hydrogen-bond acceptors (Lipinski definition) is 2. The molecule has 0 amide bonds. The van der Waals surface area contributed by atoms with Crippen LogP contribution in [0.4, 0.5) is 0 Å². The Bertz CT molecular complexity index is 549. The van der Waals surface area contributed by atoms with Crippen molar-refractivity contribution in [3.05, 3.63) is 46.2 Å². The molecule has 2 rings (SSSR count). The second kappa shape index (κ2) is 4.28. The van der Waals surface area contributed by atoms with Crippen molar-refractivity contribution in [2.45, 2.75) is 6.92 Å². The minimum Gasteiger partial charge on any atom is -0.294 e. The molecule has 2 aromatic rings. The Morgan fingerprint density at radius 3 is 2.62 bits per heavy atom. The van der Waals surface area contributed by atoms with Gasteiger partial charge in [-0.05, 0) is 25.1 Å². The fourth-order valence-electron chi connectivity index (χ4n) is 1.27. The van der Waals surface area contributed by atoms with E-state index in [2.05, 4.69) is 5.10 Å². The molecule has 0 aliphatic rings. The maximum Gasteiger partial charge on any atom is 0.162 e. The average Bonchev–Trinajstić information content (AvgIpc) is 2.71. The van der Waals surface area contributed by atoms with Crippen molar-refractivity contribution >= 4 is 29.0 Å². The second-order valence-electron chi connectivity index (χ2n) is 3.33. The molecule has 0 aliphatic heterocycles. The van der Waals surface area contributed by atoms with Crippen molar-refractivity contribution in [3.8, 4) is 5.69 Å². The van der Waals surface area contributed by atoms with Gasteiger partial charge in [0.25, 0.3) is 0 Å². The van der Waals surface area contributed by atoms with Crippen LogP contribution >= 0.6 is 23.2 Å². The van der Waals surface area contributed by atoms with Crippen LogP contribution in [0.25, 0.3) is 5.69 Å². The monoisotopic (exact) mass is 254 g/mol. The fourth-order valence-corrected chi connectivity index (χ4v) is 1.57. The lowest BCUT2D eigenvalue weighted by Gasteiger charge is -2.02. The van der Waals surface area contributed by atoms with Crippen LogP contribution in [0.1, 0.15) is 17.3 Å². The van der Waals surface area contributed by atoms with E-state index in [1.807, 2.05) is 0 Å². The van der Waals surface area contributed by atoms with Gasteiger partial charge in [-0.3, -0.25) is 4.79 Å². The SMILES string of the molecule is CC(=O)c1cnn(-c2ccc(Cl)c(Cl)c2)c1. The van der Waals surface area contributed by atoms with Crippen LogP contribution in [0.15, 0.2) is 30.6 Å². The zero-order valence-corrected chi connectivity index (χ0v) is 9.96. The fraction of sp³-hybridized carbons (Fsp3) is 0.0909. The van der Waals surface area contributed by atoms with E-state index in [1.165, 1.54) is 13.1 Å². The van der Waals surface area contributed by atoms with Crippen molar-refractivity contribution in [3.63, 3.8) is 0 Å². The van der Waals surface area contributed by atoms with Gasteiger partial charge in [-0.15, -0.1) is 0 Å². The van der Waals surface area contributed by atoms with Crippen LogP contribution in [-0.2, 0) is 0 Å². The van der Waals surface area contributed by atoms with E-state index in [0.717, 1.165) is 5.69 Å². The Balaban J connectivity index is 2.42. The van der Waals surface area contributed by atoms with Gasteiger partial charge in [0.05, 0.1) is 27.5 Å². The lowest BCUT2D eigenvalue weighted by atomic mass is 10.2. The minimum atomic E-state index is -0.0219. The molecule has 1 aromatic carbocycles. The predicted octanol–water partition coefficient (Wildman–Crippen LogP) is 3.38. The first-order valence-electron chi connectivity index (χ1n) is 4.59. The van der Waals surface area contributed by atoms with Gasteiger partial charge in [0.1, 0.15) is 0 Å². The number of carbonyl (C=O) groups excluding carboxylic acids is 1. The third kappa shape index (κ3) is 2.10. The molecule has 0 bridgehead atoms. The maximum absolute atomic E-state index is 11.1. The Hall–Kier alpha value is -1.32. The highest BCUT2D eigenvalue weighted by molar-refractivity contribution is 6.42. The molecular formula is C11H8Cl2N2O. The number of hydrogen-bond donors (Lipinski definition) is 0. The van der Waals surface area contributed by atoms with E-state index in [4.69, 9.17) is 23.2 Å². The summed E-state index contributed by atoms with van der Waals surface area (Å²) in [5, 5.41) is 5.02. The van der Waals surface area contributed by atoms with Crippen LogP contribution in [-0.4, -0.2) is 15.6 Å². The largest absolute Gasteiger partial charge is 0.294 e. The lowest BCUT2D eigenvalue weighted by Crippen LogP contribution is -1.94. The molecule has 0 fully saturated rings. The first-order chi connectivity index (χ1) is 7.58. The minimum absolute atomic E-state index is 0.0219. The summed E-state index contributed by atoms with van der Waals surface area (Å²) >= 11 is 11.7. The quantitative estimate of drug-likeness (QED) is 0.771. The van der Waals surface area contributed by atoms with Crippen LogP contribution in [0.2, 0.25) is 10.0 Å². The molecule has 16 heavy (non-hydrogen) atoms. The smallest absolute Gasteiger partial charge is 0.162 e. The molecule has 0 saturated heterocycles. The molecule has 0 radical (unpaired) electrons.